The van der Waals surface area contributed by atoms with E-state index in [0.717, 1.165) is 25.2 Å². The molecule has 1 aliphatic rings. The van der Waals surface area contributed by atoms with Crippen molar-refractivity contribution in [2.24, 2.45) is 5.10 Å². The fourth-order valence-electron chi connectivity index (χ4n) is 2.36. The summed E-state index contributed by atoms with van der Waals surface area (Å²) in [6.45, 7) is 4.77. The molecule has 5 nitrogen and oxygen atoms in total. The maximum absolute atomic E-state index is 9.74. The molecule has 0 bridgehead atoms. The molecule has 0 radical (unpaired) electrons. The van der Waals surface area contributed by atoms with Crippen molar-refractivity contribution < 1.29 is 9.84 Å². The molecule has 1 unspecified atom stereocenters. The Bertz CT molecular complexity index is 333. The number of hydrogen-bond donors (Lipinski definition) is 1. The highest BCUT2D eigenvalue weighted by molar-refractivity contribution is 5.97. The number of hydrazone groups is 1. The van der Waals surface area contributed by atoms with Gasteiger partial charge in [0.25, 0.3) is 0 Å². The molecule has 1 aliphatic heterocycles. The first-order valence-electron chi connectivity index (χ1n) is 6.48. The van der Waals surface area contributed by atoms with Gasteiger partial charge in [0.05, 0.1) is 7.11 Å². The molecule has 1 saturated heterocycles. The van der Waals surface area contributed by atoms with Gasteiger partial charge in [0.1, 0.15) is 5.76 Å². The van der Waals surface area contributed by atoms with E-state index in [0.29, 0.717) is 11.8 Å². The summed E-state index contributed by atoms with van der Waals surface area (Å²) in [5, 5.41) is 16.0. The van der Waals surface area contributed by atoms with Crippen LogP contribution in [0.4, 0.5) is 0 Å². The number of allylic oxidation sites excluding steroid dienone is 1. The number of amidine groups is 1. The molecule has 1 atom stereocenters. The van der Waals surface area contributed by atoms with Crippen LogP contribution in [0.2, 0.25) is 0 Å². The molecule has 104 valence electrons. The smallest absolute Gasteiger partial charge is 0.200 e. The minimum Gasteiger partial charge on any atom is -0.509 e. The molecular formula is C13H25N3O2. The molecule has 1 heterocycles. The van der Waals surface area contributed by atoms with E-state index in [2.05, 4.69) is 16.9 Å². The van der Waals surface area contributed by atoms with Gasteiger partial charge in [-0.3, -0.25) is 0 Å². The van der Waals surface area contributed by atoms with Crippen molar-refractivity contribution in [3.63, 3.8) is 0 Å². The molecule has 0 aromatic heterocycles. The van der Waals surface area contributed by atoms with Crippen molar-refractivity contribution >= 4 is 5.84 Å². The van der Waals surface area contributed by atoms with Gasteiger partial charge in [-0.2, -0.15) is 5.10 Å². The van der Waals surface area contributed by atoms with Gasteiger partial charge in [-0.05, 0) is 26.2 Å². The first kappa shape index (κ1) is 14.7. The molecule has 0 spiro atoms. The number of hydrogen-bond acceptors (Lipinski definition) is 4. The van der Waals surface area contributed by atoms with Crippen LogP contribution in [0.25, 0.3) is 0 Å². The molecule has 1 N–H and O–H groups in total. The zero-order chi connectivity index (χ0) is 13.7. The van der Waals surface area contributed by atoms with E-state index in [1.807, 2.05) is 14.1 Å². The molecule has 0 aliphatic carbocycles. The second-order valence-electron chi connectivity index (χ2n) is 4.79. The zero-order valence-electron chi connectivity index (χ0n) is 12.1. The minimum absolute atomic E-state index is 0.167. The molecule has 1 rings (SSSR count). The Kier molecular flexibility index (Phi) is 5.31. The fourth-order valence-corrected chi connectivity index (χ4v) is 2.36. The number of likely N-dealkylation sites (tertiary alicyclic amines) is 1. The topological polar surface area (TPSA) is 48.3 Å². The second kappa shape index (κ2) is 6.52. The Hall–Kier alpha value is -1.39. The van der Waals surface area contributed by atoms with Crippen LogP contribution in [0.5, 0.6) is 0 Å². The van der Waals surface area contributed by atoms with Gasteiger partial charge in [0.15, 0.2) is 5.84 Å². The number of rotatable bonds is 4. The largest absolute Gasteiger partial charge is 0.509 e. The summed E-state index contributed by atoms with van der Waals surface area (Å²) in [4.78, 5) is 2.23. The molecule has 5 heteroatoms. The lowest BCUT2D eigenvalue weighted by Gasteiger charge is -2.28. The van der Waals surface area contributed by atoms with Gasteiger partial charge in [-0.1, -0.05) is 6.92 Å². The van der Waals surface area contributed by atoms with E-state index in [1.165, 1.54) is 6.42 Å². The highest BCUT2D eigenvalue weighted by Crippen LogP contribution is 2.24. The summed E-state index contributed by atoms with van der Waals surface area (Å²) >= 11 is 0. The van der Waals surface area contributed by atoms with Crippen LogP contribution >= 0.6 is 0 Å². The zero-order valence-corrected chi connectivity index (χ0v) is 12.1. The third-order valence-electron chi connectivity index (χ3n) is 3.15. The summed E-state index contributed by atoms with van der Waals surface area (Å²) in [5.41, 5.74) is 0. The Morgan fingerprint density at radius 1 is 1.50 bits per heavy atom. The van der Waals surface area contributed by atoms with Crippen molar-refractivity contribution in [1.82, 2.24) is 9.91 Å². The SMILES string of the molecule is CCC1CCCN1C(=N/N(C)C)/C(OC)=C(\C)O. The number of aliphatic hydroxyl groups is 1. The third-order valence-corrected chi connectivity index (χ3v) is 3.15. The molecule has 0 aromatic rings. The third kappa shape index (κ3) is 3.31. The van der Waals surface area contributed by atoms with Gasteiger partial charge in [-0.25, -0.2) is 0 Å². The lowest BCUT2D eigenvalue weighted by Crippen LogP contribution is -2.38. The molecule has 0 amide bonds. The standard InChI is InChI=1S/C13H25N3O2/c1-6-11-8-7-9-16(11)13(14-15(3)4)12(18-5)10(2)17/h11,17H,6-9H2,1-5H3/b12-10-,14-13+. The normalized spacial score (nSPS) is 21.9. The maximum atomic E-state index is 9.74. The first-order chi connectivity index (χ1) is 8.51. The van der Waals surface area contributed by atoms with Crippen LogP contribution in [-0.4, -0.2) is 54.6 Å². The summed E-state index contributed by atoms with van der Waals surface area (Å²) < 4.78 is 5.31. The van der Waals surface area contributed by atoms with Gasteiger partial charge < -0.3 is 19.8 Å². The molecule has 1 fully saturated rings. The fraction of sp³-hybridized carbons (Fsp3) is 0.769. The van der Waals surface area contributed by atoms with Crippen LogP contribution in [-0.2, 0) is 4.74 Å². The van der Waals surface area contributed by atoms with Gasteiger partial charge >= 0.3 is 0 Å². The second-order valence-corrected chi connectivity index (χ2v) is 4.79. The van der Waals surface area contributed by atoms with Crippen molar-refractivity contribution in [2.75, 3.05) is 27.7 Å². The molecule has 0 saturated carbocycles. The van der Waals surface area contributed by atoms with Crippen LogP contribution in [0.3, 0.4) is 0 Å². The average molecular weight is 255 g/mol. The van der Waals surface area contributed by atoms with Crippen molar-refractivity contribution in [1.29, 1.82) is 0 Å². The predicted molar refractivity (Wildman–Crippen MR) is 73.5 cm³/mol. The van der Waals surface area contributed by atoms with Crippen molar-refractivity contribution in [3.8, 4) is 0 Å². The van der Waals surface area contributed by atoms with Crippen LogP contribution in [0, 0.1) is 0 Å². The van der Waals surface area contributed by atoms with E-state index in [9.17, 15) is 5.11 Å². The summed E-state index contributed by atoms with van der Waals surface area (Å²) in [6, 6.07) is 0.480. The van der Waals surface area contributed by atoms with Crippen molar-refractivity contribution in [3.05, 3.63) is 11.5 Å². The van der Waals surface area contributed by atoms with E-state index in [-0.39, 0.29) is 5.76 Å². The summed E-state index contributed by atoms with van der Waals surface area (Å²) in [5.74, 6) is 1.36. The van der Waals surface area contributed by atoms with Crippen LogP contribution in [0.15, 0.2) is 16.6 Å². The quantitative estimate of drug-likeness (QED) is 0.362. The van der Waals surface area contributed by atoms with Gasteiger partial charge in [0.2, 0.25) is 5.76 Å². The minimum atomic E-state index is 0.167. The molecular weight excluding hydrogens is 230 g/mol. The first-order valence-corrected chi connectivity index (χ1v) is 6.48. The highest BCUT2D eigenvalue weighted by Gasteiger charge is 2.29. The van der Waals surface area contributed by atoms with Crippen molar-refractivity contribution in [2.45, 2.75) is 39.2 Å². The number of ether oxygens (including phenoxy) is 1. The van der Waals surface area contributed by atoms with E-state index >= 15 is 0 Å². The van der Waals surface area contributed by atoms with Crippen LogP contribution in [0.1, 0.15) is 33.1 Å². The number of nitrogens with zero attached hydrogens (tertiary/aromatic N) is 3. The Balaban J connectivity index is 3.10. The Morgan fingerprint density at radius 3 is 2.61 bits per heavy atom. The number of aliphatic hydroxyl groups excluding tert-OH is 1. The van der Waals surface area contributed by atoms with E-state index < -0.39 is 0 Å². The Labute approximate surface area is 110 Å². The van der Waals surface area contributed by atoms with E-state index in [1.54, 1.807) is 19.0 Å². The molecule has 18 heavy (non-hydrogen) atoms. The van der Waals surface area contributed by atoms with Gasteiger partial charge in [-0.15, -0.1) is 0 Å². The average Bonchev–Trinajstić information content (AvgIpc) is 2.75. The predicted octanol–water partition coefficient (Wildman–Crippen LogP) is 2.17. The Morgan fingerprint density at radius 2 is 2.17 bits per heavy atom. The summed E-state index contributed by atoms with van der Waals surface area (Å²) in [7, 11) is 5.31. The maximum Gasteiger partial charge on any atom is 0.200 e. The monoisotopic (exact) mass is 255 g/mol. The molecule has 0 aromatic carbocycles. The van der Waals surface area contributed by atoms with Gasteiger partial charge in [0, 0.05) is 26.7 Å². The van der Waals surface area contributed by atoms with E-state index in [4.69, 9.17) is 4.74 Å². The summed E-state index contributed by atoms with van der Waals surface area (Å²) in [6.07, 6.45) is 3.41. The lowest BCUT2D eigenvalue weighted by atomic mass is 10.1. The van der Waals surface area contributed by atoms with Crippen LogP contribution < -0.4 is 0 Å². The highest BCUT2D eigenvalue weighted by atomic mass is 16.5. The lowest BCUT2D eigenvalue weighted by molar-refractivity contribution is 0.256. The number of methoxy groups -OCH3 is 1.